The number of hydrogen-bond donors (Lipinski definition) is 1. The molecule has 1 N–H and O–H groups in total. The van der Waals surface area contributed by atoms with Gasteiger partial charge in [-0.25, -0.2) is 0 Å². The second-order valence-electron chi connectivity index (χ2n) is 5.64. The molecule has 4 rings (SSSR count). The van der Waals surface area contributed by atoms with Crippen molar-refractivity contribution < 1.29 is 22.0 Å². The zero-order chi connectivity index (χ0) is 17.1. The van der Waals surface area contributed by atoms with E-state index >= 15 is 0 Å². The zero-order valence-corrected chi connectivity index (χ0v) is 12.0. The number of nitrogens with one attached hydrogen (secondary N) is 1. The van der Waals surface area contributed by atoms with Crippen LogP contribution in [0.2, 0.25) is 0 Å². The average molecular weight is 343 g/mol. The highest BCUT2D eigenvalue weighted by Crippen LogP contribution is 2.43. The second kappa shape index (κ2) is 4.74. The quantitative estimate of drug-likeness (QED) is 0.740. The molecular formula is C14H10F5N5. The fourth-order valence-corrected chi connectivity index (χ4v) is 2.43. The number of anilines is 1. The van der Waals surface area contributed by atoms with Crippen LogP contribution < -0.4 is 5.32 Å². The molecule has 0 atom stereocenters. The van der Waals surface area contributed by atoms with Crippen LogP contribution in [0.1, 0.15) is 18.7 Å². The molecule has 2 aromatic heterocycles. The summed E-state index contributed by atoms with van der Waals surface area (Å²) in [6.45, 7) is 0. The van der Waals surface area contributed by atoms with Gasteiger partial charge in [0.15, 0.2) is 11.5 Å². The summed E-state index contributed by atoms with van der Waals surface area (Å²) in [6.07, 6.45) is -4.00. The number of nitrogens with zero attached hydrogens (tertiary/aromatic N) is 4. The molecule has 24 heavy (non-hydrogen) atoms. The summed E-state index contributed by atoms with van der Waals surface area (Å²) in [7, 11) is 0. The number of benzene rings is 1. The third-order valence-corrected chi connectivity index (χ3v) is 3.82. The van der Waals surface area contributed by atoms with Crippen molar-refractivity contribution in [2.75, 3.05) is 5.32 Å². The van der Waals surface area contributed by atoms with Gasteiger partial charge in [0.25, 0.3) is 0 Å². The lowest BCUT2D eigenvalue weighted by Crippen LogP contribution is -2.36. The van der Waals surface area contributed by atoms with Crippen molar-refractivity contribution in [1.82, 2.24) is 19.8 Å². The minimum absolute atomic E-state index is 0.140. The van der Waals surface area contributed by atoms with E-state index in [-0.39, 0.29) is 17.5 Å². The maximum atomic E-state index is 13.7. The van der Waals surface area contributed by atoms with Gasteiger partial charge in [-0.2, -0.15) is 26.5 Å². The van der Waals surface area contributed by atoms with Gasteiger partial charge in [-0.3, -0.25) is 0 Å². The predicted molar refractivity (Wildman–Crippen MR) is 74.9 cm³/mol. The Morgan fingerprint density at radius 1 is 1.00 bits per heavy atom. The fraction of sp³-hybridized carbons (Fsp3) is 0.357. The van der Waals surface area contributed by atoms with Gasteiger partial charge in [-0.1, -0.05) is 24.3 Å². The van der Waals surface area contributed by atoms with E-state index in [0.29, 0.717) is 15.3 Å². The second-order valence-corrected chi connectivity index (χ2v) is 5.64. The zero-order valence-electron chi connectivity index (χ0n) is 12.0. The molecule has 10 heteroatoms. The number of hydrogen-bond acceptors (Lipinski definition) is 4. The Hall–Kier alpha value is -2.52. The van der Waals surface area contributed by atoms with Gasteiger partial charge in [-0.15, -0.1) is 15.3 Å². The largest absolute Gasteiger partial charge is 0.461 e. The molecule has 0 aliphatic heterocycles. The summed E-state index contributed by atoms with van der Waals surface area (Å²) in [5, 5.41) is 14.5. The van der Waals surface area contributed by atoms with Crippen LogP contribution >= 0.6 is 0 Å². The lowest BCUT2D eigenvalue weighted by Gasteiger charge is -2.17. The van der Waals surface area contributed by atoms with Crippen LogP contribution in [0.25, 0.3) is 16.4 Å². The molecule has 1 saturated carbocycles. The molecule has 0 unspecified atom stereocenters. The van der Waals surface area contributed by atoms with Crippen LogP contribution in [0.4, 0.5) is 27.8 Å². The van der Waals surface area contributed by atoms with Crippen molar-refractivity contribution >= 4 is 22.2 Å². The van der Waals surface area contributed by atoms with Gasteiger partial charge >= 0.3 is 12.1 Å². The van der Waals surface area contributed by atoms with E-state index in [2.05, 4.69) is 20.6 Å². The van der Waals surface area contributed by atoms with Crippen molar-refractivity contribution in [3.63, 3.8) is 0 Å². The van der Waals surface area contributed by atoms with Gasteiger partial charge in [0.2, 0.25) is 5.82 Å². The summed E-state index contributed by atoms with van der Waals surface area (Å²) >= 11 is 0. The molecule has 0 spiro atoms. The Morgan fingerprint density at radius 3 is 2.29 bits per heavy atom. The van der Waals surface area contributed by atoms with Crippen LogP contribution in [0, 0.1) is 0 Å². The highest BCUT2D eigenvalue weighted by Gasteiger charge is 2.62. The molecule has 0 radical (unpaired) electrons. The molecule has 0 amide bonds. The van der Waals surface area contributed by atoms with Crippen molar-refractivity contribution in [3.05, 3.63) is 30.1 Å². The summed E-state index contributed by atoms with van der Waals surface area (Å²) in [4.78, 5) is 0. The van der Waals surface area contributed by atoms with Gasteiger partial charge in [0.05, 0.1) is 0 Å². The molecule has 1 aromatic carbocycles. The molecule has 1 aliphatic carbocycles. The van der Waals surface area contributed by atoms with Crippen LogP contribution in [0.15, 0.2) is 24.3 Å². The Kier molecular flexibility index (Phi) is 2.97. The number of rotatable bonds is 3. The maximum absolute atomic E-state index is 13.7. The number of halogens is 5. The van der Waals surface area contributed by atoms with Gasteiger partial charge in [0.1, 0.15) is 0 Å². The molecule has 2 heterocycles. The van der Waals surface area contributed by atoms with E-state index in [4.69, 9.17) is 0 Å². The van der Waals surface area contributed by atoms with Crippen molar-refractivity contribution in [2.24, 2.45) is 0 Å². The SMILES string of the molecule is FC(F)(F)C(F)(F)c1nnc2c3ccccc3c(NC3CC3)nn12. The minimum atomic E-state index is -5.78. The first kappa shape index (κ1) is 15.0. The highest BCUT2D eigenvalue weighted by molar-refractivity contribution is 6.00. The molecule has 1 fully saturated rings. The average Bonchev–Trinajstić information content (AvgIpc) is 3.22. The first-order valence-corrected chi connectivity index (χ1v) is 7.15. The van der Waals surface area contributed by atoms with E-state index < -0.39 is 17.9 Å². The smallest absolute Gasteiger partial charge is 0.365 e. The molecule has 0 bridgehead atoms. The number of aromatic nitrogens is 4. The van der Waals surface area contributed by atoms with E-state index in [1.807, 2.05) is 0 Å². The Balaban J connectivity index is 2.00. The van der Waals surface area contributed by atoms with E-state index in [0.717, 1.165) is 12.8 Å². The van der Waals surface area contributed by atoms with Crippen LogP contribution in [0.5, 0.6) is 0 Å². The van der Waals surface area contributed by atoms with Gasteiger partial charge < -0.3 is 5.32 Å². The number of fused-ring (bicyclic) bond motifs is 3. The van der Waals surface area contributed by atoms with Gasteiger partial charge in [0, 0.05) is 16.8 Å². The van der Waals surface area contributed by atoms with Crippen molar-refractivity contribution in [2.45, 2.75) is 31.0 Å². The summed E-state index contributed by atoms with van der Waals surface area (Å²) in [5.74, 6) is -6.46. The predicted octanol–water partition coefficient (Wildman–Crippen LogP) is 3.51. The minimum Gasteiger partial charge on any atom is -0.365 e. The van der Waals surface area contributed by atoms with Crippen LogP contribution in [0.3, 0.4) is 0 Å². The number of alkyl halides is 5. The lowest BCUT2D eigenvalue weighted by molar-refractivity contribution is -0.293. The molecule has 1 aliphatic rings. The van der Waals surface area contributed by atoms with E-state index in [1.54, 1.807) is 24.3 Å². The molecule has 126 valence electrons. The third-order valence-electron chi connectivity index (χ3n) is 3.82. The third kappa shape index (κ3) is 2.16. The van der Waals surface area contributed by atoms with Gasteiger partial charge in [-0.05, 0) is 12.8 Å². The normalized spacial score (nSPS) is 16.0. The monoisotopic (exact) mass is 343 g/mol. The Morgan fingerprint density at radius 2 is 1.67 bits per heavy atom. The van der Waals surface area contributed by atoms with Crippen LogP contribution in [-0.4, -0.2) is 32.0 Å². The topological polar surface area (TPSA) is 55.1 Å². The van der Waals surface area contributed by atoms with E-state index in [9.17, 15) is 22.0 Å². The molecule has 5 nitrogen and oxygen atoms in total. The fourth-order valence-electron chi connectivity index (χ4n) is 2.43. The van der Waals surface area contributed by atoms with Crippen LogP contribution in [-0.2, 0) is 5.92 Å². The molecular weight excluding hydrogens is 333 g/mol. The molecule has 0 saturated heterocycles. The lowest BCUT2D eigenvalue weighted by atomic mass is 10.2. The van der Waals surface area contributed by atoms with Crippen molar-refractivity contribution in [3.8, 4) is 0 Å². The van der Waals surface area contributed by atoms with Crippen molar-refractivity contribution in [1.29, 1.82) is 0 Å². The summed E-state index contributed by atoms with van der Waals surface area (Å²) < 4.78 is 66.0. The molecule has 3 aromatic rings. The van der Waals surface area contributed by atoms with E-state index in [1.165, 1.54) is 0 Å². The standard InChI is InChI=1S/C14H10F5N5/c15-13(16,14(17,18)19)12-22-21-11-9-4-2-1-3-8(9)10(23-24(11)12)20-7-5-6-7/h1-4,7H,5-6H2,(H,20,23). The highest BCUT2D eigenvalue weighted by atomic mass is 19.4. The Labute approximate surface area is 131 Å². The summed E-state index contributed by atoms with van der Waals surface area (Å²) in [5.41, 5.74) is -0.147. The first-order chi connectivity index (χ1) is 11.3. The summed E-state index contributed by atoms with van der Waals surface area (Å²) in [6, 6.07) is 6.78. The Bertz CT molecular complexity index is 928. The first-order valence-electron chi connectivity index (χ1n) is 7.15. The maximum Gasteiger partial charge on any atom is 0.461 e.